The van der Waals surface area contributed by atoms with Crippen LogP contribution in [-0.2, 0) is 19.1 Å². The Kier molecular flexibility index (Phi) is 6.17. The predicted molar refractivity (Wildman–Crippen MR) is 56.3 cm³/mol. The van der Waals surface area contributed by atoms with E-state index in [2.05, 4.69) is 0 Å². The highest BCUT2D eigenvalue weighted by Crippen LogP contribution is 2.21. The molecule has 0 amide bonds. The molecule has 0 unspecified atom stereocenters. The Balaban J connectivity index is 4.45. The first kappa shape index (κ1) is 14.1. The summed E-state index contributed by atoms with van der Waals surface area (Å²) in [6.07, 6.45) is 1.93. The lowest BCUT2D eigenvalue weighted by Crippen LogP contribution is -2.41. The largest absolute Gasteiger partial charge is 0.391 e. The van der Waals surface area contributed by atoms with Gasteiger partial charge in [0.2, 0.25) is 0 Å². The normalized spacial score (nSPS) is 11.2. The van der Waals surface area contributed by atoms with E-state index >= 15 is 0 Å². The zero-order valence-corrected chi connectivity index (χ0v) is 9.96. The zero-order valence-electron chi connectivity index (χ0n) is 9.96. The lowest BCUT2D eigenvalue weighted by molar-refractivity contribution is -0.177. The van der Waals surface area contributed by atoms with Crippen molar-refractivity contribution in [1.82, 2.24) is 0 Å². The Hall–Kier alpha value is -0.900. The molecule has 88 valence electrons. The number of hydrogen-bond acceptors (Lipinski definition) is 4. The second-order valence-electron chi connectivity index (χ2n) is 3.42. The molecule has 0 aliphatic rings. The molecule has 0 rings (SSSR count). The molecule has 4 heteroatoms. The van der Waals surface area contributed by atoms with Gasteiger partial charge in [-0.3, -0.25) is 4.79 Å². The average Bonchev–Trinajstić information content (AvgIpc) is 2.21. The van der Waals surface area contributed by atoms with Crippen LogP contribution in [0.15, 0.2) is 0 Å². The van der Waals surface area contributed by atoms with E-state index in [4.69, 9.17) is 9.47 Å². The summed E-state index contributed by atoms with van der Waals surface area (Å²) in [6.45, 7) is 5.52. The van der Waals surface area contributed by atoms with Crippen molar-refractivity contribution < 1.29 is 19.1 Å². The topological polar surface area (TPSA) is 52.6 Å². The van der Waals surface area contributed by atoms with E-state index in [1.54, 1.807) is 0 Å². The monoisotopic (exact) mass is 216 g/mol. The maximum absolute atomic E-state index is 11.7. The fourth-order valence-corrected chi connectivity index (χ4v) is 1.36. The van der Waals surface area contributed by atoms with Crippen LogP contribution in [0, 0.1) is 0 Å². The molecular weight excluding hydrogens is 196 g/mol. The Morgan fingerprint density at radius 1 is 1.13 bits per heavy atom. The molecule has 0 aromatic heterocycles. The van der Waals surface area contributed by atoms with E-state index in [9.17, 15) is 9.59 Å². The summed E-state index contributed by atoms with van der Waals surface area (Å²) in [5.41, 5.74) is -0.969. The Labute approximate surface area is 90.9 Å². The van der Waals surface area contributed by atoms with Gasteiger partial charge in [0.25, 0.3) is 0 Å². The summed E-state index contributed by atoms with van der Waals surface area (Å²) in [5.74, 6) is -1.06. The first-order valence-corrected chi connectivity index (χ1v) is 5.36. The molecule has 0 fully saturated rings. The minimum atomic E-state index is -0.969. The first-order chi connectivity index (χ1) is 7.06. The van der Waals surface area contributed by atoms with Crippen molar-refractivity contribution >= 4 is 11.9 Å². The average molecular weight is 216 g/mol. The number of carbonyl (C=O) groups excluding carboxylic acids is 2. The number of carbonyl (C=O) groups is 2. The summed E-state index contributed by atoms with van der Waals surface area (Å²) >= 11 is 0. The molecule has 0 aliphatic carbocycles. The van der Waals surface area contributed by atoms with Gasteiger partial charge in [-0.1, -0.05) is 20.8 Å². The molecule has 0 aromatic rings. The highest BCUT2D eigenvalue weighted by Gasteiger charge is 2.37. The van der Waals surface area contributed by atoms with Gasteiger partial charge in [0.05, 0.1) is 0 Å². The highest BCUT2D eigenvalue weighted by molar-refractivity contribution is 5.90. The molecule has 0 saturated carbocycles. The molecule has 0 saturated heterocycles. The third-order valence-corrected chi connectivity index (χ3v) is 2.57. The zero-order chi connectivity index (χ0) is 11.9. The molecule has 0 aliphatic heterocycles. The van der Waals surface area contributed by atoms with E-state index in [-0.39, 0.29) is 6.42 Å². The SMILES string of the molecule is CCCC(=O)OC(=O)C(CC)(CC)OC. The fourth-order valence-electron chi connectivity index (χ4n) is 1.36. The van der Waals surface area contributed by atoms with Crippen molar-refractivity contribution in [2.75, 3.05) is 7.11 Å². The third-order valence-electron chi connectivity index (χ3n) is 2.57. The van der Waals surface area contributed by atoms with Crippen molar-refractivity contribution in [3.8, 4) is 0 Å². The lowest BCUT2D eigenvalue weighted by Gasteiger charge is -2.26. The standard InChI is InChI=1S/C11H20O4/c1-5-8-9(12)15-10(13)11(6-2,7-3)14-4/h5-8H2,1-4H3. The maximum atomic E-state index is 11.7. The minimum Gasteiger partial charge on any atom is -0.391 e. The van der Waals surface area contributed by atoms with Gasteiger partial charge in [0, 0.05) is 13.5 Å². The third kappa shape index (κ3) is 3.63. The van der Waals surface area contributed by atoms with E-state index < -0.39 is 17.5 Å². The summed E-state index contributed by atoms with van der Waals surface area (Å²) in [6, 6.07) is 0. The molecule has 15 heavy (non-hydrogen) atoms. The Bertz CT molecular complexity index is 210. The van der Waals surface area contributed by atoms with Gasteiger partial charge >= 0.3 is 11.9 Å². The summed E-state index contributed by atoms with van der Waals surface area (Å²) in [4.78, 5) is 22.8. The van der Waals surface area contributed by atoms with Crippen LogP contribution >= 0.6 is 0 Å². The van der Waals surface area contributed by atoms with Gasteiger partial charge in [-0.2, -0.15) is 0 Å². The van der Waals surface area contributed by atoms with E-state index in [0.29, 0.717) is 19.3 Å². The first-order valence-electron chi connectivity index (χ1n) is 5.36. The number of hydrogen-bond donors (Lipinski definition) is 0. The number of rotatable bonds is 6. The van der Waals surface area contributed by atoms with Crippen LogP contribution in [0.1, 0.15) is 46.5 Å². The number of methoxy groups -OCH3 is 1. The molecule has 0 heterocycles. The summed E-state index contributed by atoms with van der Waals surface area (Å²) in [5, 5.41) is 0. The Morgan fingerprint density at radius 2 is 1.67 bits per heavy atom. The minimum absolute atomic E-state index is 0.263. The number of ether oxygens (including phenoxy) is 2. The van der Waals surface area contributed by atoms with Gasteiger partial charge in [-0.15, -0.1) is 0 Å². The van der Waals surface area contributed by atoms with Crippen LogP contribution in [0.25, 0.3) is 0 Å². The molecular formula is C11H20O4. The van der Waals surface area contributed by atoms with E-state index in [1.165, 1.54) is 7.11 Å². The second-order valence-corrected chi connectivity index (χ2v) is 3.42. The van der Waals surface area contributed by atoms with Crippen LogP contribution in [-0.4, -0.2) is 24.6 Å². The van der Waals surface area contributed by atoms with Gasteiger partial charge in [0.1, 0.15) is 0 Å². The maximum Gasteiger partial charge on any atom is 0.346 e. The second kappa shape index (κ2) is 6.56. The fraction of sp³-hybridized carbons (Fsp3) is 0.818. The lowest BCUT2D eigenvalue weighted by atomic mass is 9.97. The van der Waals surface area contributed by atoms with E-state index in [0.717, 1.165) is 0 Å². The predicted octanol–water partition coefficient (Wildman–Crippen LogP) is 2.06. The molecule has 0 aromatic carbocycles. The van der Waals surface area contributed by atoms with Crippen molar-refractivity contribution in [1.29, 1.82) is 0 Å². The van der Waals surface area contributed by atoms with Crippen LogP contribution in [0.3, 0.4) is 0 Å². The van der Waals surface area contributed by atoms with Gasteiger partial charge in [0.15, 0.2) is 5.60 Å². The van der Waals surface area contributed by atoms with Crippen LogP contribution in [0.2, 0.25) is 0 Å². The smallest absolute Gasteiger partial charge is 0.346 e. The van der Waals surface area contributed by atoms with Gasteiger partial charge in [-0.05, 0) is 19.3 Å². The van der Waals surface area contributed by atoms with Crippen LogP contribution in [0.4, 0.5) is 0 Å². The highest BCUT2D eigenvalue weighted by atomic mass is 16.6. The van der Waals surface area contributed by atoms with Crippen molar-refractivity contribution in [3.63, 3.8) is 0 Å². The molecule has 0 atom stereocenters. The molecule has 0 spiro atoms. The molecule has 0 bridgehead atoms. The molecule has 0 N–H and O–H groups in total. The van der Waals surface area contributed by atoms with Crippen LogP contribution < -0.4 is 0 Å². The van der Waals surface area contributed by atoms with Gasteiger partial charge in [-0.25, -0.2) is 4.79 Å². The summed E-state index contributed by atoms with van der Waals surface area (Å²) in [7, 11) is 1.46. The van der Waals surface area contributed by atoms with Crippen LogP contribution in [0.5, 0.6) is 0 Å². The molecule has 0 radical (unpaired) electrons. The number of esters is 2. The van der Waals surface area contributed by atoms with Crippen molar-refractivity contribution in [2.45, 2.75) is 52.1 Å². The van der Waals surface area contributed by atoms with E-state index in [1.807, 2.05) is 20.8 Å². The molecule has 4 nitrogen and oxygen atoms in total. The van der Waals surface area contributed by atoms with Gasteiger partial charge < -0.3 is 9.47 Å². The van der Waals surface area contributed by atoms with Crippen molar-refractivity contribution in [2.24, 2.45) is 0 Å². The van der Waals surface area contributed by atoms with Crippen molar-refractivity contribution in [3.05, 3.63) is 0 Å². The quantitative estimate of drug-likeness (QED) is 0.503. The summed E-state index contributed by atoms with van der Waals surface area (Å²) < 4.78 is 9.88. The Morgan fingerprint density at radius 3 is 2.00 bits per heavy atom.